The third-order valence-electron chi connectivity index (χ3n) is 15.0. The molecule has 5 N–H and O–H groups in total. The zero-order valence-corrected chi connectivity index (χ0v) is 44.9. The zero-order valence-electron chi connectivity index (χ0n) is 44.0. The molecule has 76 heavy (non-hydrogen) atoms. The Morgan fingerprint density at radius 1 is 0.855 bits per heavy atom. The van der Waals surface area contributed by atoms with Crippen molar-refractivity contribution in [1.82, 2.24) is 55.9 Å². The standard InChI is InChI=1S/C55H67N13O7S/c1-33-34(2)64-65-49(33)63-50-40-26-46(76(73,74)55(4,5)6)45(27-41(40)59-32-60-50)75-31-36-20-23-66(24-21-36)47-29-57-42(28-58-47)53(71)67-25-22-39-18-19-44(68(39)54(72)43(30-67)61-51(69)35(3)56-7)52(70)62-48(37-14-10-8-11-15-37)38-16-12-9-13-17-38/h8-17,26-29,32,35-36,39,43-44,48,56H,18-25,30-31H2,1-7H3,(H,61,69)(H,62,70)(H2,59,60,63,64,65)/t35-,39+,43-,44-/m0/s1. The summed E-state index contributed by atoms with van der Waals surface area (Å²) in [4.78, 5) is 80.3. The molecule has 0 spiro atoms. The van der Waals surface area contributed by atoms with E-state index in [-0.39, 0.29) is 53.9 Å². The average Bonchev–Trinajstić information content (AvgIpc) is 4.00. The number of carbonyl (C=O) groups excluding carboxylic acids is 4. The Morgan fingerprint density at radius 3 is 2.17 bits per heavy atom. The molecule has 400 valence electrons. The van der Waals surface area contributed by atoms with Crippen LogP contribution in [0.1, 0.15) is 98.7 Å². The number of sulfone groups is 1. The fourth-order valence-electron chi connectivity index (χ4n) is 10.1. The number of ether oxygens (including phenoxy) is 1. The van der Waals surface area contributed by atoms with Gasteiger partial charge in [-0.2, -0.15) is 5.10 Å². The van der Waals surface area contributed by atoms with Crippen LogP contribution in [-0.4, -0.2) is 141 Å². The molecule has 3 fully saturated rings. The molecule has 6 aromatic rings. The van der Waals surface area contributed by atoms with E-state index in [1.54, 1.807) is 62.9 Å². The number of rotatable bonds is 15. The van der Waals surface area contributed by atoms with Crippen LogP contribution in [0.2, 0.25) is 0 Å². The Hall–Kier alpha value is -7.52. The predicted octanol–water partition coefficient (Wildman–Crippen LogP) is 5.57. The second kappa shape index (κ2) is 22.4. The van der Waals surface area contributed by atoms with Crippen molar-refractivity contribution in [2.24, 2.45) is 5.92 Å². The number of likely N-dealkylation sites (N-methyl/N-ethyl adjacent to an activating group) is 1. The third-order valence-corrected chi connectivity index (χ3v) is 17.5. The highest BCUT2D eigenvalue weighted by atomic mass is 32.2. The van der Waals surface area contributed by atoms with Crippen LogP contribution in [0.5, 0.6) is 5.75 Å². The number of aryl methyl sites for hydroxylation is 1. The monoisotopic (exact) mass is 1050 g/mol. The summed E-state index contributed by atoms with van der Waals surface area (Å²) >= 11 is 0. The van der Waals surface area contributed by atoms with Crippen molar-refractivity contribution >= 4 is 61.8 Å². The van der Waals surface area contributed by atoms with Gasteiger partial charge in [0.05, 0.1) is 47.9 Å². The quantitative estimate of drug-likeness (QED) is 0.0843. The molecule has 0 bridgehead atoms. The molecule has 9 rings (SSSR count). The van der Waals surface area contributed by atoms with Crippen LogP contribution in [0.3, 0.4) is 0 Å². The zero-order chi connectivity index (χ0) is 53.9. The maximum absolute atomic E-state index is 14.7. The molecule has 3 aromatic heterocycles. The second-order valence-corrected chi connectivity index (χ2v) is 23.6. The van der Waals surface area contributed by atoms with Gasteiger partial charge >= 0.3 is 0 Å². The summed E-state index contributed by atoms with van der Waals surface area (Å²) in [5, 5.41) is 20.1. The first-order valence-electron chi connectivity index (χ1n) is 25.9. The lowest BCUT2D eigenvalue weighted by Gasteiger charge is -2.39. The number of hydrogen-bond donors (Lipinski definition) is 5. The smallest absolute Gasteiger partial charge is 0.274 e. The number of carbonyl (C=O) groups is 4. The van der Waals surface area contributed by atoms with Crippen LogP contribution in [0, 0.1) is 19.8 Å². The van der Waals surface area contributed by atoms with Crippen molar-refractivity contribution in [3.05, 3.63) is 120 Å². The first-order chi connectivity index (χ1) is 36.4. The lowest BCUT2D eigenvalue weighted by Crippen LogP contribution is -2.62. The van der Waals surface area contributed by atoms with E-state index >= 15 is 0 Å². The first kappa shape index (κ1) is 53.3. The third kappa shape index (κ3) is 11.2. The maximum atomic E-state index is 14.7. The van der Waals surface area contributed by atoms with Gasteiger partial charge in [0.15, 0.2) is 15.7 Å². The summed E-state index contributed by atoms with van der Waals surface area (Å²) in [5.41, 5.74) is 4.22. The van der Waals surface area contributed by atoms with E-state index in [9.17, 15) is 27.6 Å². The highest BCUT2D eigenvalue weighted by molar-refractivity contribution is 7.92. The molecule has 21 heteroatoms. The summed E-state index contributed by atoms with van der Waals surface area (Å²) in [7, 11) is -2.23. The molecule has 3 saturated heterocycles. The van der Waals surface area contributed by atoms with Crippen molar-refractivity contribution in [2.75, 3.05) is 50.1 Å². The SMILES string of the molecule is CN[C@@H](C)C(=O)N[C@H]1CN(C(=O)c2cnc(N3CCC(COc4cc5ncnc(Nc6n[nH]c(C)c6C)c5cc4S(=O)(=O)C(C)(C)C)CC3)cn2)CC[C@H]2CC[C@@H](C(=O)NC(c3ccccc3)c3ccccc3)N2C1=O. The summed E-state index contributed by atoms with van der Waals surface area (Å²) in [6.45, 7) is 12.1. The summed E-state index contributed by atoms with van der Waals surface area (Å²) in [6, 6.07) is 19.3. The van der Waals surface area contributed by atoms with Gasteiger partial charge in [-0.15, -0.1) is 0 Å². The number of amides is 4. The summed E-state index contributed by atoms with van der Waals surface area (Å²) in [6.07, 6.45) is 7.27. The first-order valence-corrected chi connectivity index (χ1v) is 27.4. The van der Waals surface area contributed by atoms with Crippen molar-refractivity contribution in [2.45, 2.75) is 113 Å². The number of hydrogen-bond acceptors (Lipinski definition) is 15. The van der Waals surface area contributed by atoms with E-state index in [0.29, 0.717) is 60.7 Å². The van der Waals surface area contributed by atoms with Crippen LogP contribution in [0.25, 0.3) is 10.9 Å². The van der Waals surface area contributed by atoms with Crippen molar-refractivity contribution in [3.63, 3.8) is 0 Å². The molecule has 0 saturated carbocycles. The van der Waals surface area contributed by atoms with Crippen molar-refractivity contribution in [1.29, 1.82) is 0 Å². The molecule has 4 amide bonds. The second-order valence-electron chi connectivity index (χ2n) is 21.0. The molecule has 6 heterocycles. The molecule has 3 aromatic carbocycles. The Kier molecular flexibility index (Phi) is 15.7. The Labute approximate surface area is 443 Å². The van der Waals surface area contributed by atoms with Crippen LogP contribution in [0.15, 0.2) is 96.4 Å². The maximum Gasteiger partial charge on any atom is 0.274 e. The van der Waals surface area contributed by atoms with E-state index in [2.05, 4.69) is 56.3 Å². The lowest BCUT2D eigenvalue weighted by atomic mass is 9.98. The van der Waals surface area contributed by atoms with Gasteiger partial charge in [0.2, 0.25) is 17.7 Å². The van der Waals surface area contributed by atoms with Crippen molar-refractivity contribution in [3.8, 4) is 5.75 Å². The summed E-state index contributed by atoms with van der Waals surface area (Å²) in [5.74, 6) is 0.349. The fraction of sp³-hybridized carbons (Fsp3) is 0.436. The molecular formula is C55H67N13O7S. The van der Waals surface area contributed by atoms with Crippen LogP contribution in [0.4, 0.5) is 17.5 Å². The number of H-pyrrole nitrogens is 1. The van der Waals surface area contributed by atoms with Crippen LogP contribution >= 0.6 is 0 Å². The Morgan fingerprint density at radius 2 is 1.55 bits per heavy atom. The van der Waals surface area contributed by atoms with Gasteiger partial charge in [-0.25, -0.2) is 28.4 Å². The summed E-state index contributed by atoms with van der Waals surface area (Å²) < 4.78 is 33.5. The van der Waals surface area contributed by atoms with E-state index in [4.69, 9.17) is 4.74 Å². The predicted molar refractivity (Wildman–Crippen MR) is 288 cm³/mol. The molecule has 4 atom stereocenters. The number of anilines is 3. The number of aromatic amines is 1. The molecule has 0 radical (unpaired) electrons. The molecule has 0 aliphatic carbocycles. The number of nitrogens with zero attached hydrogens (tertiary/aromatic N) is 8. The molecule has 0 unspecified atom stereocenters. The van der Waals surface area contributed by atoms with Gasteiger partial charge in [0.25, 0.3) is 5.91 Å². The van der Waals surface area contributed by atoms with Gasteiger partial charge in [0.1, 0.15) is 46.4 Å². The number of benzene rings is 3. The molecule has 3 aliphatic rings. The Balaban J connectivity index is 0.855. The van der Waals surface area contributed by atoms with Crippen LogP contribution in [-0.2, 0) is 24.2 Å². The number of piperidine rings is 1. The molecular weight excluding hydrogens is 987 g/mol. The van der Waals surface area contributed by atoms with Gasteiger partial charge < -0.3 is 40.7 Å². The van der Waals surface area contributed by atoms with Gasteiger partial charge in [-0.05, 0) is 104 Å². The topological polar surface area (TPSA) is 250 Å². The minimum absolute atomic E-state index is 0.0550. The van der Waals surface area contributed by atoms with E-state index in [0.717, 1.165) is 35.2 Å². The highest BCUT2D eigenvalue weighted by Crippen LogP contribution is 2.38. The van der Waals surface area contributed by atoms with Gasteiger partial charge in [0, 0.05) is 48.4 Å². The van der Waals surface area contributed by atoms with Gasteiger partial charge in [-0.1, -0.05) is 60.7 Å². The van der Waals surface area contributed by atoms with E-state index in [1.807, 2.05) is 74.5 Å². The van der Waals surface area contributed by atoms with Gasteiger partial charge in [-0.3, -0.25) is 24.3 Å². The lowest BCUT2D eigenvalue weighted by molar-refractivity contribution is -0.145. The van der Waals surface area contributed by atoms with E-state index < -0.39 is 56.5 Å². The average molecular weight is 1050 g/mol. The fourth-order valence-corrected chi connectivity index (χ4v) is 11.4. The molecule has 3 aliphatic heterocycles. The number of aromatic nitrogens is 6. The van der Waals surface area contributed by atoms with Crippen LogP contribution < -0.4 is 30.9 Å². The van der Waals surface area contributed by atoms with Crippen molar-refractivity contribution < 1.29 is 32.3 Å². The number of nitrogens with one attached hydrogen (secondary N) is 5. The highest BCUT2D eigenvalue weighted by Gasteiger charge is 2.46. The largest absolute Gasteiger partial charge is 0.492 e. The Bertz CT molecular complexity index is 3140. The van der Waals surface area contributed by atoms with E-state index in [1.165, 1.54) is 12.5 Å². The minimum atomic E-state index is -3.88. The minimum Gasteiger partial charge on any atom is -0.492 e. The number of fused-ring (bicyclic) bond motifs is 2. The normalized spacial score (nSPS) is 19.0. The molecule has 20 nitrogen and oxygen atoms in total.